The summed E-state index contributed by atoms with van der Waals surface area (Å²) in [6.45, 7) is 0.654. The molecular weight excluding hydrogens is 532 g/mol. The maximum absolute atomic E-state index is 14.2. The number of nitrogens with one attached hydrogen (secondary N) is 1. The molecule has 3 aromatic rings. The molecule has 4 amide bonds. The normalized spacial score (nSPS) is 14.5. The molecule has 9 heteroatoms. The van der Waals surface area contributed by atoms with Gasteiger partial charge in [-0.3, -0.25) is 14.4 Å². The van der Waals surface area contributed by atoms with Gasteiger partial charge in [0.15, 0.2) is 0 Å². The Morgan fingerprint density at radius 3 is 2.10 bits per heavy atom. The van der Waals surface area contributed by atoms with Gasteiger partial charge in [0, 0.05) is 53.2 Å². The Labute approximate surface area is 246 Å². The quantitative estimate of drug-likeness (QED) is 0.381. The molecule has 0 saturated carbocycles. The van der Waals surface area contributed by atoms with Gasteiger partial charge in [0.2, 0.25) is 17.7 Å². The number of nitrogens with zero attached hydrogens (tertiary/aromatic N) is 3. The van der Waals surface area contributed by atoms with E-state index in [0.717, 1.165) is 27.5 Å². The molecule has 0 aromatic heterocycles. The van der Waals surface area contributed by atoms with E-state index in [1.54, 1.807) is 21.1 Å². The summed E-state index contributed by atoms with van der Waals surface area (Å²) in [5.74, 6) is -0.969. The van der Waals surface area contributed by atoms with Crippen molar-refractivity contribution in [2.45, 2.75) is 37.8 Å². The molecule has 9 nitrogen and oxygen atoms in total. The zero-order chi connectivity index (χ0) is 30.2. The van der Waals surface area contributed by atoms with E-state index in [0.29, 0.717) is 32.4 Å². The maximum atomic E-state index is 14.2. The van der Waals surface area contributed by atoms with Crippen molar-refractivity contribution >= 4 is 34.6 Å². The number of likely N-dealkylation sites (tertiary alicyclic amines) is 1. The van der Waals surface area contributed by atoms with E-state index < -0.39 is 18.2 Å². The van der Waals surface area contributed by atoms with Crippen molar-refractivity contribution in [3.05, 3.63) is 95.6 Å². The predicted octanol–water partition coefficient (Wildman–Crippen LogP) is 3.73. The Morgan fingerprint density at radius 2 is 1.45 bits per heavy atom. The van der Waals surface area contributed by atoms with Crippen LogP contribution in [-0.4, -0.2) is 89.9 Å². The molecule has 1 saturated heterocycles. The highest BCUT2D eigenvalue weighted by atomic mass is 16.4. The lowest BCUT2D eigenvalue weighted by atomic mass is 9.98. The first-order valence-corrected chi connectivity index (χ1v) is 14.1. The first-order valence-electron chi connectivity index (χ1n) is 14.1. The smallest absolute Gasteiger partial charge is 0.407 e. The Balaban J connectivity index is 1.62. The topological polar surface area (TPSA) is 110 Å². The van der Waals surface area contributed by atoms with Gasteiger partial charge in [0.25, 0.3) is 0 Å². The van der Waals surface area contributed by atoms with E-state index in [2.05, 4.69) is 5.32 Å². The molecule has 1 aliphatic heterocycles. The number of hydrogen-bond donors (Lipinski definition) is 2. The van der Waals surface area contributed by atoms with Gasteiger partial charge in [0.05, 0.1) is 0 Å². The molecule has 4 rings (SSSR count). The molecule has 3 aromatic carbocycles. The fourth-order valence-corrected chi connectivity index (χ4v) is 5.34. The monoisotopic (exact) mass is 570 g/mol. The summed E-state index contributed by atoms with van der Waals surface area (Å²) in [5.41, 5.74) is 2.66. The lowest BCUT2D eigenvalue weighted by molar-refractivity contribution is -0.146. The third-order valence-electron chi connectivity index (χ3n) is 7.98. The predicted molar refractivity (Wildman–Crippen MR) is 162 cm³/mol. The van der Waals surface area contributed by atoms with Gasteiger partial charge in [-0.1, -0.05) is 78.4 Å². The first-order chi connectivity index (χ1) is 20.2. The Bertz CT molecular complexity index is 1460. The van der Waals surface area contributed by atoms with Gasteiger partial charge in [-0.05, 0) is 34.7 Å². The van der Waals surface area contributed by atoms with E-state index in [1.165, 1.54) is 20.8 Å². The fourth-order valence-electron chi connectivity index (χ4n) is 5.34. The molecule has 0 radical (unpaired) electrons. The number of rotatable bonds is 9. The standard InChI is InChI=1S/C33H38N4O5/c1-34-31(39)28(20-23-9-5-4-6-10-23)36(3)32(40)29(21-25-13-14-26-11-7-8-12-27(26)19-25)35(2)30(38)22-24-15-17-37(18-16-24)33(41)42/h4-14,19,22,28-29H,15-18,20-21H2,1-3H3,(H,34,39)(H,41,42). The third kappa shape index (κ3) is 7.34. The molecule has 0 aliphatic carbocycles. The second kappa shape index (κ2) is 13.8. The van der Waals surface area contributed by atoms with Crippen LogP contribution in [0.4, 0.5) is 4.79 Å². The van der Waals surface area contributed by atoms with Crippen LogP contribution in [0.3, 0.4) is 0 Å². The van der Waals surface area contributed by atoms with E-state index >= 15 is 0 Å². The summed E-state index contributed by atoms with van der Waals surface area (Å²) >= 11 is 0. The van der Waals surface area contributed by atoms with Gasteiger partial charge < -0.3 is 25.1 Å². The van der Waals surface area contributed by atoms with Crippen molar-refractivity contribution in [1.29, 1.82) is 0 Å². The lowest BCUT2D eigenvalue weighted by Crippen LogP contribution is -2.55. The molecule has 220 valence electrons. The van der Waals surface area contributed by atoms with Gasteiger partial charge in [-0.2, -0.15) is 0 Å². The summed E-state index contributed by atoms with van der Waals surface area (Å²) in [4.78, 5) is 56.2. The molecule has 1 heterocycles. The molecule has 0 bridgehead atoms. The van der Waals surface area contributed by atoms with Crippen LogP contribution in [0.15, 0.2) is 84.4 Å². The third-order valence-corrected chi connectivity index (χ3v) is 7.98. The largest absolute Gasteiger partial charge is 0.465 e. The number of likely N-dealkylation sites (N-methyl/N-ethyl adjacent to an activating group) is 3. The van der Waals surface area contributed by atoms with Crippen molar-refractivity contribution in [2.24, 2.45) is 0 Å². The molecule has 42 heavy (non-hydrogen) atoms. The zero-order valence-corrected chi connectivity index (χ0v) is 24.3. The summed E-state index contributed by atoms with van der Waals surface area (Å²) in [6, 6.07) is 21.8. The van der Waals surface area contributed by atoms with Gasteiger partial charge in [-0.15, -0.1) is 0 Å². The van der Waals surface area contributed by atoms with E-state index in [9.17, 15) is 24.3 Å². The van der Waals surface area contributed by atoms with Crippen LogP contribution >= 0.6 is 0 Å². The highest BCUT2D eigenvalue weighted by molar-refractivity contribution is 5.95. The fraction of sp³-hybridized carbons (Fsp3) is 0.333. The van der Waals surface area contributed by atoms with Crippen LogP contribution in [0.25, 0.3) is 10.8 Å². The van der Waals surface area contributed by atoms with Crippen LogP contribution in [0.1, 0.15) is 24.0 Å². The molecule has 2 unspecified atom stereocenters. The number of amides is 4. The van der Waals surface area contributed by atoms with Gasteiger partial charge in [0.1, 0.15) is 12.1 Å². The van der Waals surface area contributed by atoms with Crippen LogP contribution in [0.5, 0.6) is 0 Å². The van der Waals surface area contributed by atoms with Crippen molar-refractivity contribution in [3.8, 4) is 0 Å². The van der Waals surface area contributed by atoms with Crippen LogP contribution < -0.4 is 5.32 Å². The van der Waals surface area contributed by atoms with Crippen molar-refractivity contribution in [2.75, 3.05) is 34.2 Å². The minimum atomic E-state index is -0.970. The summed E-state index contributed by atoms with van der Waals surface area (Å²) in [7, 11) is 4.76. The summed E-state index contributed by atoms with van der Waals surface area (Å²) in [6.07, 6.45) is 2.07. The number of carbonyl (C=O) groups is 4. The number of fused-ring (bicyclic) bond motifs is 1. The lowest BCUT2D eigenvalue weighted by Gasteiger charge is -2.34. The maximum Gasteiger partial charge on any atom is 0.407 e. The minimum absolute atomic E-state index is 0.262. The van der Waals surface area contributed by atoms with Crippen LogP contribution in [0.2, 0.25) is 0 Å². The highest BCUT2D eigenvalue weighted by Gasteiger charge is 2.35. The Kier molecular flexibility index (Phi) is 9.96. The molecule has 1 fully saturated rings. The number of hydrogen-bond acceptors (Lipinski definition) is 4. The molecule has 1 aliphatic rings. The number of carbonyl (C=O) groups excluding carboxylic acids is 3. The zero-order valence-electron chi connectivity index (χ0n) is 24.3. The highest BCUT2D eigenvalue weighted by Crippen LogP contribution is 2.21. The number of carboxylic acid groups (broad SMARTS) is 1. The second-order valence-electron chi connectivity index (χ2n) is 10.7. The van der Waals surface area contributed by atoms with Crippen LogP contribution in [0, 0.1) is 0 Å². The first kappa shape index (κ1) is 30.3. The number of benzene rings is 3. The Morgan fingerprint density at radius 1 is 0.833 bits per heavy atom. The Hall–Kier alpha value is -4.66. The van der Waals surface area contributed by atoms with E-state index in [4.69, 9.17) is 0 Å². The molecular formula is C33H38N4O5. The van der Waals surface area contributed by atoms with Gasteiger partial charge >= 0.3 is 6.09 Å². The van der Waals surface area contributed by atoms with E-state index in [1.807, 2.05) is 72.8 Å². The molecule has 2 atom stereocenters. The molecule has 2 N–H and O–H groups in total. The van der Waals surface area contributed by atoms with E-state index in [-0.39, 0.29) is 24.1 Å². The molecule has 0 spiro atoms. The second-order valence-corrected chi connectivity index (χ2v) is 10.7. The van der Waals surface area contributed by atoms with Crippen LogP contribution in [-0.2, 0) is 27.2 Å². The summed E-state index contributed by atoms with van der Waals surface area (Å²) < 4.78 is 0. The SMILES string of the molecule is CNC(=O)C(Cc1ccccc1)N(C)C(=O)C(Cc1ccc2ccccc2c1)N(C)C(=O)C=C1CCN(C(=O)O)CC1. The van der Waals surface area contributed by atoms with Gasteiger partial charge in [-0.25, -0.2) is 4.79 Å². The van der Waals surface area contributed by atoms with Crippen molar-refractivity contribution in [3.63, 3.8) is 0 Å². The van der Waals surface area contributed by atoms with Crippen molar-refractivity contribution in [1.82, 2.24) is 20.0 Å². The average molecular weight is 571 g/mol. The number of piperidine rings is 1. The van der Waals surface area contributed by atoms with Crippen molar-refractivity contribution < 1.29 is 24.3 Å². The minimum Gasteiger partial charge on any atom is -0.465 e. The average Bonchev–Trinajstić information content (AvgIpc) is 3.01. The summed E-state index contributed by atoms with van der Waals surface area (Å²) in [5, 5.41) is 14.0.